The molecule has 0 saturated heterocycles. The van der Waals surface area contributed by atoms with Gasteiger partial charge in [0.15, 0.2) is 5.69 Å². The van der Waals surface area contributed by atoms with Crippen molar-refractivity contribution in [3.8, 4) is 11.3 Å². The van der Waals surface area contributed by atoms with Crippen molar-refractivity contribution >= 4 is 5.97 Å². The number of nitrogens with zero attached hydrogens (tertiary/aromatic N) is 4. The number of aromatic nitrogens is 4. The molecule has 6 nitrogen and oxygen atoms in total. The maximum absolute atomic E-state index is 14.2. The third-order valence-electron chi connectivity index (χ3n) is 5.97. The van der Waals surface area contributed by atoms with E-state index < -0.39 is 23.0 Å². The van der Waals surface area contributed by atoms with Gasteiger partial charge in [0.05, 0.1) is 41.4 Å². The fourth-order valence-corrected chi connectivity index (χ4v) is 4.63. The molecule has 1 saturated carbocycles. The van der Waals surface area contributed by atoms with E-state index in [1.165, 1.54) is 31.5 Å². The molecular formula is C21H16F2N4O2. The Hall–Kier alpha value is -3.29. The maximum Gasteiger partial charge on any atom is 0.358 e. The van der Waals surface area contributed by atoms with Gasteiger partial charge in [0.25, 0.3) is 0 Å². The summed E-state index contributed by atoms with van der Waals surface area (Å²) in [7, 11) is 1.29. The predicted molar refractivity (Wildman–Crippen MR) is 98.1 cm³/mol. The van der Waals surface area contributed by atoms with Crippen molar-refractivity contribution in [3.05, 3.63) is 70.9 Å². The number of hydrogen-bond donors (Lipinski definition) is 0. The summed E-state index contributed by atoms with van der Waals surface area (Å²) in [6.45, 7) is 0. The molecule has 3 aromatic rings. The van der Waals surface area contributed by atoms with Crippen LogP contribution >= 0.6 is 0 Å². The lowest BCUT2D eigenvalue weighted by Crippen LogP contribution is -2.27. The number of carbonyl (C=O) groups is 1. The number of esters is 1. The molecule has 0 N–H and O–H groups in total. The normalized spacial score (nSPS) is 21.8. The number of benzene rings is 1. The van der Waals surface area contributed by atoms with Crippen molar-refractivity contribution in [2.75, 3.05) is 7.11 Å². The molecule has 2 atom stereocenters. The quantitative estimate of drug-likeness (QED) is 0.632. The van der Waals surface area contributed by atoms with Crippen molar-refractivity contribution in [2.24, 2.45) is 0 Å². The second-order valence-corrected chi connectivity index (χ2v) is 7.43. The molecular weight excluding hydrogens is 378 g/mol. The number of methoxy groups -OCH3 is 1. The molecule has 2 aliphatic carbocycles. The molecule has 0 spiro atoms. The molecule has 2 aliphatic rings. The summed E-state index contributed by atoms with van der Waals surface area (Å²) >= 11 is 0. The average Bonchev–Trinajstić information content (AvgIpc) is 3.32. The highest BCUT2D eigenvalue weighted by Gasteiger charge is 2.53. The van der Waals surface area contributed by atoms with Gasteiger partial charge in [0.2, 0.25) is 0 Å². The monoisotopic (exact) mass is 394 g/mol. The van der Waals surface area contributed by atoms with Crippen molar-refractivity contribution in [1.29, 1.82) is 0 Å². The van der Waals surface area contributed by atoms with E-state index in [0.717, 1.165) is 30.5 Å². The highest BCUT2D eigenvalue weighted by molar-refractivity contribution is 5.86. The highest BCUT2D eigenvalue weighted by Crippen LogP contribution is 2.59. The molecule has 0 radical (unpaired) electrons. The minimum Gasteiger partial charge on any atom is -0.464 e. The first-order valence-corrected chi connectivity index (χ1v) is 9.27. The summed E-state index contributed by atoms with van der Waals surface area (Å²) in [4.78, 5) is 20.5. The van der Waals surface area contributed by atoms with Crippen molar-refractivity contribution in [1.82, 2.24) is 20.2 Å². The zero-order valence-electron chi connectivity index (χ0n) is 15.5. The summed E-state index contributed by atoms with van der Waals surface area (Å²) in [5, 5.41) is 8.51. The molecule has 2 heterocycles. The lowest BCUT2D eigenvalue weighted by atomic mass is 9.80. The van der Waals surface area contributed by atoms with Crippen LogP contribution in [0.1, 0.15) is 52.6 Å². The van der Waals surface area contributed by atoms with E-state index in [9.17, 15) is 13.6 Å². The Labute approximate surface area is 165 Å². The Morgan fingerprint density at radius 1 is 1.21 bits per heavy atom. The van der Waals surface area contributed by atoms with E-state index in [-0.39, 0.29) is 22.9 Å². The number of hydrogen-bond acceptors (Lipinski definition) is 6. The first-order chi connectivity index (χ1) is 14.0. The van der Waals surface area contributed by atoms with Crippen LogP contribution in [0.2, 0.25) is 0 Å². The van der Waals surface area contributed by atoms with Gasteiger partial charge in [0.1, 0.15) is 11.6 Å². The molecule has 8 heteroatoms. The Morgan fingerprint density at radius 3 is 2.76 bits per heavy atom. The van der Waals surface area contributed by atoms with Gasteiger partial charge in [-0.25, -0.2) is 18.6 Å². The molecule has 2 aromatic heterocycles. The molecule has 0 aliphatic heterocycles. The van der Waals surface area contributed by atoms with Crippen LogP contribution < -0.4 is 0 Å². The molecule has 0 amide bonds. The number of halogens is 2. The molecule has 0 unspecified atom stereocenters. The van der Waals surface area contributed by atoms with E-state index in [1.807, 2.05) is 0 Å². The highest BCUT2D eigenvalue weighted by atomic mass is 19.1. The second-order valence-electron chi connectivity index (χ2n) is 7.43. The van der Waals surface area contributed by atoms with Crippen LogP contribution in [-0.4, -0.2) is 33.2 Å². The minimum atomic E-state index is -0.672. The molecule has 5 rings (SSSR count). The Morgan fingerprint density at radius 2 is 2.00 bits per heavy atom. The minimum absolute atomic E-state index is 0.134. The molecule has 1 fully saturated rings. The van der Waals surface area contributed by atoms with Gasteiger partial charge in [-0.05, 0) is 48.9 Å². The van der Waals surface area contributed by atoms with E-state index in [2.05, 4.69) is 20.2 Å². The van der Waals surface area contributed by atoms with Crippen LogP contribution in [0, 0.1) is 11.6 Å². The molecule has 1 aromatic carbocycles. The van der Waals surface area contributed by atoms with Gasteiger partial charge in [-0.3, -0.25) is 4.98 Å². The van der Waals surface area contributed by atoms with E-state index >= 15 is 0 Å². The number of fused-ring (bicyclic) bond motifs is 5. The SMILES string of the molecule is COC(=O)c1cncc([C@]23CC[C@H](C2)c2cc(-c4c(F)cccc4F)nnc23)n1. The standard InChI is InChI=1S/C21H16F2N4O2/c1-29-20(28)16-9-24-10-17(25-16)21-6-5-11(8-21)12-7-15(26-27-19(12)21)18-13(22)3-2-4-14(18)23/h2-4,7,9-11H,5-6,8H2,1H3/t11-,21+/m1/s1. The second kappa shape index (κ2) is 6.37. The van der Waals surface area contributed by atoms with E-state index in [0.29, 0.717) is 5.69 Å². The number of rotatable bonds is 3. The Kier molecular flexibility index (Phi) is 3.90. The molecule has 29 heavy (non-hydrogen) atoms. The van der Waals surface area contributed by atoms with Crippen molar-refractivity contribution in [2.45, 2.75) is 30.6 Å². The summed E-state index contributed by atoms with van der Waals surface area (Å²) in [5.74, 6) is -1.71. The van der Waals surface area contributed by atoms with Gasteiger partial charge in [-0.15, -0.1) is 5.10 Å². The predicted octanol–water partition coefficient (Wildman–Crippen LogP) is 3.57. The lowest BCUT2D eigenvalue weighted by molar-refractivity contribution is 0.0593. The van der Waals surface area contributed by atoms with Crippen molar-refractivity contribution in [3.63, 3.8) is 0 Å². The first kappa shape index (κ1) is 17.8. The largest absolute Gasteiger partial charge is 0.464 e. The third kappa shape index (κ3) is 2.55. The van der Waals surface area contributed by atoms with Crippen LogP contribution in [0.4, 0.5) is 8.78 Å². The topological polar surface area (TPSA) is 77.9 Å². The van der Waals surface area contributed by atoms with Gasteiger partial charge in [-0.1, -0.05) is 6.07 Å². The Balaban J connectivity index is 1.62. The van der Waals surface area contributed by atoms with Crippen LogP contribution in [0.25, 0.3) is 11.3 Å². The third-order valence-corrected chi connectivity index (χ3v) is 5.97. The fraction of sp³-hybridized carbons (Fsp3) is 0.286. The van der Waals surface area contributed by atoms with Crippen LogP contribution in [-0.2, 0) is 10.2 Å². The zero-order chi connectivity index (χ0) is 20.2. The van der Waals surface area contributed by atoms with Gasteiger partial charge in [-0.2, -0.15) is 5.10 Å². The number of carbonyl (C=O) groups excluding carboxylic acids is 1. The Bertz CT molecular complexity index is 1130. The van der Waals surface area contributed by atoms with Gasteiger partial charge in [0, 0.05) is 6.20 Å². The van der Waals surface area contributed by atoms with E-state index in [4.69, 9.17) is 4.74 Å². The van der Waals surface area contributed by atoms with E-state index in [1.54, 1.807) is 12.3 Å². The van der Waals surface area contributed by atoms with Crippen LogP contribution in [0.3, 0.4) is 0 Å². The first-order valence-electron chi connectivity index (χ1n) is 9.27. The lowest BCUT2D eigenvalue weighted by Gasteiger charge is -2.26. The van der Waals surface area contributed by atoms with Crippen LogP contribution in [0.15, 0.2) is 36.7 Å². The van der Waals surface area contributed by atoms with Crippen LogP contribution in [0.5, 0.6) is 0 Å². The number of ether oxygens (including phenoxy) is 1. The average molecular weight is 394 g/mol. The van der Waals surface area contributed by atoms with Gasteiger partial charge < -0.3 is 4.74 Å². The summed E-state index contributed by atoms with van der Waals surface area (Å²) in [5.41, 5.74) is 1.94. The summed E-state index contributed by atoms with van der Waals surface area (Å²) in [6.07, 6.45) is 5.44. The maximum atomic E-state index is 14.2. The van der Waals surface area contributed by atoms with Gasteiger partial charge >= 0.3 is 5.97 Å². The molecule has 146 valence electrons. The van der Waals surface area contributed by atoms with Crippen molar-refractivity contribution < 1.29 is 18.3 Å². The smallest absolute Gasteiger partial charge is 0.358 e. The summed E-state index contributed by atoms with van der Waals surface area (Å²) in [6, 6.07) is 5.45. The fourth-order valence-electron chi connectivity index (χ4n) is 4.63. The zero-order valence-corrected chi connectivity index (χ0v) is 15.5. The summed E-state index contributed by atoms with van der Waals surface area (Å²) < 4.78 is 33.1. The molecule has 2 bridgehead atoms.